The van der Waals surface area contributed by atoms with Gasteiger partial charge in [0.15, 0.2) is 6.29 Å². The minimum Gasteiger partial charge on any atom is -0.351 e. The predicted molar refractivity (Wildman–Crippen MR) is 161 cm³/mol. The highest BCUT2D eigenvalue weighted by atomic mass is 16.7. The second-order valence-corrected chi connectivity index (χ2v) is 9.90. The number of benzene rings is 2. The molecule has 1 heterocycles. The molecule has 3 N–H and O–H groups in total. The molecule has 0 unspecified atom stereocenters. The number of aromatic nitrogens is 1. The van der Waals surface area contributed by atoms with Crippen molar-refractivity contribution in [2.75, 3.05) is 26.8 Å². The minimum atomic E-state index is -0.855. The number of carbonyl (C=O) groups is 3. The molecule has 0 fully saturated rings. The summed E-state index contributed by atoms with van der Waals surface area (Å²) >= 11 is 0. The van der Waals surface area contributed by atoms with Gasteiger partial charge in [-0.15, -0.1) is 0 Å². The summed E-state index contributed by atoms with van der Waals surface area (Å²) in [6, 6.07) is 17.4. The maximum atomic E-state index is 13.8. The zero-order valence-electron chi connectivity index (χ0n) is 25.0. The molecule has 0 aliphatic heterocycles. The van der Waals surface area contributed by atoms with Crippen LogP contribution in [0.4, 0.5) is 4.79 Å². The smallest absolute Gasteiger partial charge is 0.329 e. The number of nitrogens with one attached hydrogen (secondary N) is 3. The van der Waals surface area contributed by atoms with Crippen molar-refractivity contribution in [2.45, 2.75) is 59.2 Å². The van der Waals surface area contributed by atoms with Crippen LogP contribution in [0.5, 0.6) is 0 Å². The molecule has 3 aromatic rings. The Morgan fingerprint density at radius 1 is 0.929 bits per heavy atom. The molecule has 0 aliphatic rings. The third-order valence-electron chi connectivity index (χ3n) is 6.60. The van der Waals surface area contributed by atoms with Gasteiger partial charge in [-0.25, -0.2) is 9.80 Å². The molecule has 0 saturated heterocycles. The molecule has 11 nitrogen and oxygen atoms in total. The number of rotatable bonds is 15. The van der Waals surface area contributed by atoms with Crippen LogP contribution in [-0.4, -0.2) is 77.9 Å². The van der Waals surface area contributed by atoms with Gasteiger partial charge in [0.2, 0.25) is 11.8 Å². The molecule has 0 radical (unpaired) electrons. The van der Waals surface area contributed by atoms with E-state index in [1.807, 2.05) is 81.4 Å². The minimum absolute atomic E-state index is 0.153. The number of amides is 4. The first-order chi connectivity index (χ1) is 20.2. The summed E-state index contributed by atoms with van der Waals surface area (Å²) in [6.45, 7) is 8.51. The summed E-state index contributed by atoms with van der Waals surface area (Å²) in [5.41, 5.74) is 5.22. The third kappa shape index (κ3) is 9.51. The van der Waals surface area contributed by atoms with E-state index in [4.69, 9.17) is 9.47 Å². The van der Waals surface area contributed by atoms with Crippen molar-refractivity contribution in [3.63, 3.8) is 0 Å². The van der Waals surface area contributed by atoms with Crippen LogP contribution in [0.2, 0.25) is 0 Å². The number of hydrazine groups is 1. The lowest BCUT2D eigenvalue weighted by molar-refractivity contribution is -0.179. The number of para-hydroxylation sites is 1. The highest BCUT2D eigenvalue weighted by Gasteiger charge is 2.32. The van der Waals surface area contributed by atoms with Crippen LogP contribution in [0.25, 0.3) is 10.9 Å². The van der Waals surface area contributed by atoms with Crippen LogP contribution in [0, 0.1) is 0 Å². The largest absolute Gasteiger partial charge is 0.351 e. The quantitative estimate of drug-likeness (QED) is 0.187. The van der Waals surface area contributed by atoms with E-state index in [-0.39, 0.29) is 19.0 Å². The molecule has 226 valence electrons. The summed E-state index contributed by atoms with van der Waals surface area (Å²) in [4.78, 5) is 45.1. The number of fused-ring (bicyclic) bond motifs is 1. The van der Waals surface area contributed by atoms with Crippen molar-refractivity contribution < 1.29 is 23.9 Å². The maximum absolute atomic E-state index is 13.8. The van der Waals surface area contributed by atoms with Crippen LogP contribution >= 0.6 is 0 Å². The van der Waals surface area contributed by atoms with Gasteiger partial charge in [0.05, 0.1) is 18.1 Å². The number of carbonyl (C=O) groups excluding carboxylic acids is 3. The summed E-state index contributed by atoms with van der Waals surface area (Å²) in [6.07, 6.45) is 1.07. The van der Waals surface area contributed by atoms with Crippen molar-refractivity contribution >= 4 is 28.7 Å². The number of likely N-dealkylation sites (N-methyl/N-ethyl adjacent to an activating group) is 1. The molecule has 3 rings (SSSR count). The van der Waals surface area contributed by atoms with E-state index in [0.29, 0.717) is 19.8 Å². The Balaban J connectivity index is 1.66. The van der Waals surface area contributed by atoms with E-state index in [9.17, 15) is 14.4 Å². The van der Waals surface area contributed by atoms with Gasteiger partial charge in [-0.05, 0) is 44.9 Å². The van der Waals surface area contributed by atoms with Crippen molar-refractivity contribution in [1.29, 1.82) is 0 Å². The van der Waals surface area contributed by atoms with Gasteiger partial charge < -0.3 is 25.0 Å². The molecule has 2 atom stereocenters. The molecule has 2 aromatic carbocycles. The molecule has 11 heteroatoms. The number of nitrogens with zero attached hydrogens (tertiary/aromatic N) is 3. The van der Waals surface area contributed by atoms with E-state index >= 15 is 0 Å². The Morgan fingerprint density at radius 3 is 2.31 bits per heavy atom. The Morgan fingerprint density at radius 2 is 1.62 bits per heavy atom. The van der Waals surface area contributed by atoms with Crippen LogP contribution < -0.4 is 16.1 Å². The first kappa shape index (κ1) is 32.5. The van der Waals surface area contributed by atoms with Gasteiger partial charge in [0, 0.05) is 44.9 Å². The molecule has 0 saturated carbocycles. The second kappa shape index (κ2) is 16.4. The van der Waals surface area contributed by atoms with Crippen LogP contribution in [0.1, 0.15) is 38.8 Å². The fraction of sp³-hybridized carbons (Fsp3) is 0.419. The van der Waals surface area contributed by atoms with Crippen molar-refractivity contribution in [3.8, 4) is 0 Å². The average molecular weight is 579 g/mol. The van der Waals surface area contributed by atoms with Gasteiger partial charge in [-0.2, -0.15) is 0 Å². The predicted octanol–water partition coefficient (Wildman–Crippen LogP) is 3.20. The third-order valence-corrected chi connectivity index (χ3v) is 6.60. The Hall–Kier alpha value is -4.06. The highest BCUT2D eigenvalue weighted by molar-refractivity contribution is 5.89. The van der Waals surface area contributed by atoms with Crippen LogP contribution in [-0.2, 0) is 32.2 Å². The summed E-state index contributed by atoms with van der Waals surface area (Å²) < 4.78 is 11.7. The molecule has 0 bridgehead atoms. The summed E-state index contributed by atoms with van der Waals surface area (Å²) in [7, 11) is 1.57. The standard InChI is InChI=1S/C31H42N6O5/c1-6-41-30(42-7-2)23(4)37(20-26-16-11-15-25-17-12-18-32-28(25)26)29(39)22(3)34-27(38)21-36(5)35-31(40)33-19-24-13-9-8-10-14-24/h8-18,22-23,30H,6-7,19-21H2,1-5H3,(H,34,38)(H2,33,35,40)/t22-,23-/m0/s1. The Labute approximate surface area is 247 Å². The molecule has 4 amide bonds. The lowest BCUT2D eigenvalue weighted by Crippen LogP contribution is -2.55. The Bertz CT molecular complexity index is 1300. The topological polar surface area (TPSA) is 125 Å². The zero-order valence-corrected chi connectivity index (χ0v) is 25.0. The lowest BCUT2D eigenvalue weighted by atomic mass is 10.1. The fourth-order valence-corrected chi connectivity index (χ4v) is 4.55. The maximum Gasteiger partial charge on any atom is 0.329 e. The van der Waals surface area contributed by atoms with Crippen molar-refractivity contribution in [2.24, 2.45) is 0 Å². The van der Waals surface area contributed by atoms with Crippen molar-refractivity contribution in [3.05, 3.63) is 78.0 Å². The lowest BCUT2D eigenvalue weighted by Gasteiger charge is -2.36. The highest BCUT2D eigenvalue weighted by Crippen LogP contribution is 2.21. The van der Waals surface area contributed by atoms with E-state index in [0.717, 1.165) is 22.0 Å². The van der Waals surface area contributed by atoms with Gasteiger partial charge in [-0.1, -0.05) is 54.6 Å². The number of hydrogen-bond donors (Lipinski definition) is 3. The number of hydrogen-bond acceptors (Lipinski definition) is 7. The zero-order chi connectivity index (χ0) is 30.5. The van der Waals surface area contributed by atoms with E-state index in [1.54, 1.807) is 25.1 Å². The normalized spacial score (nSPS) is 12.6. The van der Waals surface area contributed by atoms with E-state index in [1.165, 1.54) is 5.01 Å². The van der Waals surface area contributed by atoms with Gasteiger partial charge in [-0.3, -0.25) is 20.0 Å². The van der Waals surface area contributed by atoms with Crippen LogP contribution in [0.15, 0.2) is 66.9 Å². The van der Waals surface area contributed by atoms with E-state index < -0.39 is 30.3 Å². The Kier molecular flexibility index (Phi) is 12.7. The van der Waals surface area contributed by atoms with Gasteiger partial charge in [0.1, 0.15) is 6.04 Å². The molecular formula is C31H42N6O5. The molecular weight excluding hydrogens is 536 g/mol. The molecule has 0 aliphatic carbocycles. The summed E-state index contributed by atoms with van der Waals surface area (Å²) in [5, 5.41) is 7.83. The summed E-state index contributed by atoms with van der Waals surface area (Å²) in [5.74, 6) is -0.725. The van der Waals surface area contributed by atoms with E-state index in [2.05, 4.69) is 21.0 Å². The number of urea groups is 1. The van der Waals surface area contributed by atoms with Gasteiger partial charge >= 0.3 is 6.03 Å². The first-order valence-electron chi connectivity index (χ1n) is 14.2. The molecule has 0 spiro atoms. The van der Waals surface area contributed by atoms with Crippen LogP contribution in [0.3, 0.4) is 0 Å². The molecule has 1 aromatic heterocycles. The average Bonchev–Trinajstić information content (AvgIpc) is 2.98. The molecule has 42 heavy (non-hydrogen) atoms. The first-order valence-corrected chi connectivity index (χ1v) is 14.2. The van der Waals surface area contributed by atoms with Crippen molar-refractivity contribution in [1.82, 2.24) is 31.0 Å². The number of ether oxygens (including phenoxy) is 2. The monoisotopic (exact) mass is 578 g/mol. The second-order valence-electron chi connectivity index (χ2n) is 9.90. The SMILES string of the molecule is CCOC(OCC)[C@H](C)N(Cc1cccc2cccnc12)C(=O)[C@H](C)NC(=O)CN(C)NC(=O)NCc1ccccc1. The van der Waals surface area contributed by atoms with Gasteiger partial charge in [0.25, 0.3) is 0 Å². The fourth-order valence-electron chi connectivity index (χ4n) is 4.55. The number of pyridine rings is 1.